The number of benzene rings is 1. The summed E-state index contributed by atoms with van der Waals surface area (Å²) >= 11 is 6.39. The molecular weight excluding hydrogens is 465 g/mol. The molecule has 1 aromatic carbocycles. The Morgan fingerprint density at radius 2 is 2.12 bits per heavy atom. The highest BCUT2D eigenvalue weighted by Crippen LogP contribution is 2.35. The van der Waals surface area contributed by atoms with Crippen LogP contribution in [0.15, 0.2) is 18.3 Å². The Labute approximate surface area is 205 Å². The van der Waals surface area contributed by atoms with Gasteiger partial charge < -0.3 is 29.6 Å². The molecule has 3 N–H and O–H groups in total. The van der Waals surface area contributed by atoms with Gasteiger partial charge in [-0.3, -0.25) is 0 Å². The highest BCUT2D eigenvalue weighted by Gasteiger charge is 2.43. The maximum atomic E-state index is 15.3. The molecule has 3 aromatic rings. The fourth-order valence-corrected chi connectivity index (χ4v) is 4.38. The highest BCUT2D eigenvalue weighted by atomic mass is 35.5. The Bertz CT molecular complexity index is 1370. The number of nitrogens with zero attached hydrogens (tertiary/aromatic N) is 4. The van der Waals surface area contributed by atoms with Crippen LogP contribution in [-0.2, 0) is 15.1 Å². The first-order valence-corrected chi connectivity index (χ1v) is 11.2. The van der Waals surface area contributed by atoms with E-state index in [9.17, 15) is 10.2 Å². The van der Waals surface area contributed by atoms with Crippen LogP contribution in [0.3, 0.4) is 0 Å². The van der Waals surface area contributed by atoms with Gasteiger partial charge in [0.2, 0.25) is 5.95 Å². The summed E-state index contributed by atoms with van der Waals surface area (Å²) in [5.41, 5.74) is -0.296. The van der Waals surface area contributed by atoms with Crippen molar-refractivity contribution in [2.45, 2.75) is 70.3 Å². The number of nitrogens with one attached hydrogen (secondary N) is 1. The molecule has 11 heteroatoms. The second-order valence-electron chi connectivity index (χ2n) is 9.16. The molecule has 4 heterocycles. The van der Waals surface area contributed by atoms with E-state index in [1.165, 1.54) is 12.3 Å². The molecule has 2 aliphatic heterocycles. The summed E-state index contributed by atoms with van der Waals surface area (Å²) in [6.45, 7) is 5.71. The maximum absolute atomic E-state index is 15.3. The molecule has 9 nitrogen and oxygen atoms in total. The maximum Gasteiger partial charge on any atom is 0.223 e. The van der Waals surface area contributed by atoms with E-state index in [4.69, 9.17) is 25.2 Å². The van der Waals surface area contributed by atoms with E-state index in [1.807, 2.05) is 13.8 Å². The minimum absolute atomic E-state index is 0.0646. The van der Waals surface area contributed by atoms with Crippen LogP contribution < -0.4 is 5.32 Å². The summed E-state index contributed by atoms with van der Waals surface area (Å²) in [6, 6.07) is 1.50. The third-order valence-electron chi connectivity index (χ3n) is 5.73. The summed E-state index contributed by atoms with van der Waals surface area (Å²) in [7, 11) is 0. The Morgan fingerprint density at radius 1 is 1.35 bits per heavy atom. The van der Waals surface area contributed by atoms with E-state index in [-0.39, 0.29) is 28.2 Å². The summed E-state index contributed by atoms with van der Waals surface area (Å²) in [5.74, 6) is -0.386. The van der Waals surface area contributed by atoms with Crippen LogP contribution in [0, 0.1) is 5.82 Å². The number of aliphatic hydroxyl groups excluding tert-OH is 1. The Morgan fingerprint density at radius 3 is 2.82 bits per heavy atom. The van der Waals surface area contributed by atoms with Gasteiger partial charge in [0.05, 0.1) is 36.4 Å². The van der Waals surface area contributed by atoms with E-state index in [0.717, 1.165) is 0 Å². The average Bonchev–Trinajstić information content (AvgIpc) is 3.37. The van der Waals surface area contributed by atoms with Gasteiger partial charge >= 0.3 is 0 Å². The summed E-state index contributed by atoms with van der Waals surface area (Å²) < 4.78 is 52.2. The van der Waals surface area contributed by atoms with Gasteiger partial charge in [-0.25, -0.2) is 19.3 Å². The normalized spacial score (nSPS) is 29.8. The molecule has 0 radical (unpaired) electrons. The lowest BCUT2D eigenvalue weighted by Gasteiger charge is -2.32. The topological polar surface area (TPSA) is 115 Å². The van der Waals surface area contributed by atoms with Crippen molar-refractivity contribution in [3.8, 4) is 11.3 Å². The number of rotatable bonds is 5. The van der Waals surface area contributed by atoms with Crippen LogP contribution >= 0.6 is 11.6 Å². The lowest BCUT2D eigenvalue weighted by molar-refractivity contribution is -0.123. The second kappa shape index (κ2) is 8.39. The molecule has 2 fully saturated rings. The minimum atomic E-state index is -2.21. The van der Waals surface area contributed by atoms with Crippen molar-refractivity contribution < 1.29 is 28.2 Å². The zero-order chi connectivity index (χ0) is 27.0. The highest BCUT2D eigenvalue weighted by molar-refractivity contribution is 6.33. The molecule has 5 atom stereocenters. The van der Waals surface area contributed by atoms with Crippen molar-refractivity contribution in [3.63, 3.8) is 0 Å². The van der Waals surface area contributed by atoms with E-state index < -0.39 is 48.9 Å². The number of imidazole rings is 1. The lowest BCUT2D eigenvalue weighted by atomic mass is 10.0. The van der Waals surface area contributed by atoms with Gasteiger partial charge in [0.1, 0.15) is 29.2 Å². The SMILES string of the molecule is [2H][C@H]1O[C@H]2O[C@@H]1[C@@H](O)C(Nc1ncc(Cl)c(-c3cc(F)c4nc(C(C)(C)O)n(C(C)C)c4c3)n1)C2([2H])[2H]. The third kappa shape index (κ3) is 4.03. The molecule has 182 valence electrons. The number of hydrogen-bond donors (Lipinski definition) is 3. The summed E-state index contributed by atoms with van der Waals surface area (Å²) in [4.78, 5) is 12.9. The van der Waals surface area contributed by atoms with Gasteiger partial charge in [0, 0.05) is 20.7 Å². The van der Waals surface area contributed by atoms with Crippen LogP contribution in [0.1, 0.15) is 50.0 Å². The van der Waals surface area contributed by atoms with Gasteiger partial charge in [-0.05, 0) is 39.8 Å². The lowest BCUT2D eigenvalue weighted by Crippen LogP contribution is -2.48. The van der Waals surface area contributed by atoms with Crippen molar-refractivity contribution >= 4 is 28.6 Å². The zero-order valence-electron chi connectivity index (χ0n) is 22.0. The summed E-state index contributed by atoms with van der Waals surface area (Å²) in [5, 5.41) is 24.2. The van der Waals surface area contributed by atoms with Crippen molar-refractivity contribution in [1.82, 2.24) is 19.5 Å². The van der Waals surface area contributed by atoms with Gasteiger partial charge in [-0.1, -0.05) is 11.6 Å². The van der Waals surface area contributed by atoms with Crippen molar-refractivity contribution in [2.75, 3.05) is 11.9 Å². The molecule has 0 amide bonds. The molecule has 2 bridgehead atoms. The van der Waals surface area contributed by atoms with E-state index in [2.05, 4.69) is 20.3 Å². The van der Waals surface area contributed by atoms with Crippen molar-refractivity contribution in [1.29, 1.82) is 0 Å². The minimum Gasteiger partial charge on any atom is -0.388 e. The number of aromatic nitrogens is 4. The zero-order valence-corrected chi connectivity index (χ0v) is 19.7. The number of halogens is 2. The first-order chi connectivity index (χ1) is 17.2. The predicted molar refractivity (Wildman–Crippen MR) is 124 cm³/mol. The van der Waals surface area contributed by atoms with Crippen LogP contribution in [0.5, 0.6) is 0 Å². The molecule has 1 unspecified atom stereocenters. The molecule has 2 aromatic heterocycles. The van der Waals surface area contributed by atoms with Crippen LogP contribution in [0.2, 0.25) is 5.02 Å². The smallest absolute Gasteiger partial charge is 0.223 e. The van der Waals surface area contributed by atoms with E-state index in [0.29, 0.717) is 16.9 Å². The molecule has 34 heavy (non-hydrogen) atoms. The van der Waals surface area contributed by atoms with Crippen molar-refractivity contribution in [3.05, 3.63) is 35.0 Å². The van der Waals surface area contributed by atoms with E-state index in [1.54, 1.807) is 24.5 Å². The fraction of sp³-hybridized carbons (Fsp3) is 0.522. The standard InChI is InChI=1S/C23H27ClFN5O4/c1-10(2)30-15-6-11(5-13(25)19(15)28-21(30)23(3,4)32)18-12(24)8-26-22(29-18)27-14-7-17-33-9-16(34-17)20(14)31/h5-6,8,10,14,16-17,20,31-32H,7,9H2,1-4H3,(H,26,27,29)/t14?,16-,17-,20-/m0/s1/i7D2,9D/t9-,14?,16+,17+,20+/m1. The van der Waals surface area contributed by atoms with E-state index >= 15 is 4.39 Å². The Hall–Kier alpha value is -2.37. The second-order valence-corrected chi connectivity index (χ2v) is 9.57. The monoisotopic (exact) mass is 494 g/mol. The first kappa shape index (κ1) is 19.9. The van der Waals surface area contributed by atoms with Crippen LogP contribution in [0.4, 0.5) is 10.3 Å². The molecule has 0 spiro atoms. The van der Waals surface area contributed by atoms with Gasteiger partial charge in [-0.15, -0.1) is 0 Å². The largest absolute Gasteiger partial charge is 0.388 e. The fourth-order valence-electron chi connectivity index (χ4n) is 4.18. The number of hydrogen-bond acceptors (Lipinski definition) is 8. The molecule has 0 saturated carbocycles. The first-order valence-electron chi connectivity index (χ1n) is 12.4. The molecule has 2 aliphatic rings. The molecule has 2 saturated heterocycles. The van der Waals surface area contributed by atoms with Gasteiger partial charge in [-0.2, -0.15) is 0 Å². The molecular formula is C23H27ClFN5O4. The number of aliphatic hydroxyl groups is 2. The van der Waals surface area contributed by atoms with Crippen LogP contribution in [-0.4, -0.2) is 60.9 Å². The Kier molecular flexibility index (Phi) is 4.90. The average molecular weight is 495 g/mol. The van der Waals surface area contributed by atoms with Gasteiger partial charge in [0.25, 0.3) is 0 Å². The molecule has 0 aliphatic carbocycles. The van der Waals surface area contributed by atoms with Gasteiger partial charge in [0.15, 0.2) is 12.1 Å². The van der Waals surface area contributed by atoms with Crippen LogP contribution in [0.25, 0.3) is 22.3 Å². The predicted octanol–water partition coefficient (Wildman–Crippen LogP) is 3.38. The molecule has 5 rings (SSSR count). The van der Waals surface area contributed by atoms with Crippen molar-refractivity contribution in [2.24, 2.45) is 0 Å². The number of fused-ring (bicyclic) bond motifs is 3. The third-order valence-corrected chi connectivity index (χ3v) is 6.00. The quantitative estimate of drug-likeness (QED) is 0.494. The number of ether oxygens (including phenoxy) is 2. The number of anilines is 1. The summed E-state index contributed by atoms with van der Waals surface area (Å²) in [6.07, 6.45) is -4.73. The Balaban J connectivity index is 1.57.